The summed E-state index contributed by atoms with van der Waals surface area (Å²) >= 11 is 0. The van der Waals surface area contributed by atoms with Crippen molar-refractivity contribution in [2.75, 3.05) is 39.0 Å². The van der Waals surface area contributed by atoms with Gasteiger partial charge >= 0.3 is 5.97 Å². The molecule has 0 aromatic rings. The molecule has 0 aromatic heterocycles. The Morgan fingerprint density at radius 2 is 2.00 bits per heavy atom. The van der Waals surface area contributed by atoms with E-state index in [9.17, 15) is 13.2 Å². The van der Waals surface area contributed by atoms with Gasteiger partial charge in [-0.3, -0.25) is 4.79 Å². The molecule has 0 radical (unpaired) electrons. The van der Waals surface area contributed by atoms with Crippen molar-refractivity contribution < 1.29 is 17.9 Å². The van der Waals surface area contributed by atoms with Crippen molar-refractivity contribution >= 4 is 16.0 Å². The minimum Gasteiger partial charge on any atom is -0.465 e. The third-order valence-corrected chi connectivity index (χ3v) is 3.54. The minimum atomic E-state index is -3.11. The average Bonchev–Trinajstić information content (AvgIpc) is 2.21. The smallest absolute Gasteiger partial charge is 0.319 e. The summed E-state index contributed by atoms with van der Waals surface area (Å²) in [6.07, 6.45) is 1.86. The summed E-state index contributed by atoms with van der Waals surface area (Å²) in [6, 6.07) is 0. The maximum atomic E-state index is 11.3. The predicted octanol–water partition coefficient (Wildman–Crippen LogP) is -0.189. The van der Waals surface area contributed by atoms with Crippen LogP contribution in [0.3, 0.4) is 0 Å². The van der Waals surface area contributed by atoms with Gasteiger partial charge in [0, 0.05) is 13.1 Å². The second-order valence-electron chi connectivity index (χ2n) is 3.59. The van der Waals surface area contributed by atoms with Gasteiger partial charge in [0.1, 0.15) is 0 Å². The molecule has 0 aliphatic heterocycles. The third-order valence-electron chi connectivity index (χ3n) is 2.16. The van der Waals surface area contributed by atoms with E-state index >= 15 is 0 Å². The number of hydrogen-bond donors (Lipinski definition) is 1. The van der Waals surface area contributed by atoms with Gasteiger partial charge in [0.05, 0.1) is 19.4 Å². The average molecular weight is 266 g/mol. The molecule has 0 rings (SSSR count). The molecule has 0 spiro atoms. The van der Waals surface area contributed by atoms with Crippen molar-refractivity contribution in [3.63, 3.8) is 0 Å². The van der Waals surface area contributed by atoms with Crippen molar-refractivity contribution in [2.24, 2.45) is 0 Å². The number of sulfonamides is 1. The van der Waals surface area contributed by atoms with Crippen LogP contribution in [0.5, 0.6) is 0 Å². The fourth-order valence-corrected chi connectivity index (χ4v) is 2.27. The van der Waals surface area contributed by atoms with Gasteiger partial charge in [0.15, 0.2) is 0 Å². The number of carbonyl (C=O) groups is 1. The molecule has 1 N–H and O–H groups in total. The first-order chi connectivity index (χ1) is 7.91. The monoisotopic (exact) mass is 266 g/mol. The lowest BCUT2D eigenvalue weighted by Crippen LogP contribution is -2.33. The molecule has 0 atom stereocenters. The molecule has 0 bridgehead atoms. The van der Waals surface area contributed by atoms with E-state index in [0.29, 0.717) is 32.7 Å². The largest absolute Gasteiger partial charge is 0.465 e. The number of ether oxygens (including phenoxy) is 1. The number of rotatable bonds is 9. The number of hydrogen-bond acceptors (Lipinski definition) is 5. The molecule has 0 unspecified atom stereocenters. The van der Waals surface area contributed by atoms with E-state index in [4.69, 9.17) is 4.74 Å². The fourth-order valence-electron chi connectivity index (χ4n) is 1.34. The molecule has 17 heavy (non-hydrogen) atoms. The Morgan fingerprint density at radius 1 is 1.35 bits per heavy atom. The molecular formula is C10H22N2O4S. The Labute approximate surface area is 103 Å². The summed E-state index contributed by atoms with van der Waals surface area (Å²) in [4.78, 5) is 11.0. The Hall–Kier alpha value is -0.660. The Balaban J connectivity index is 3.67. The van der Waals surface area contributed by atoms with E-state index in [-0.39, 0.29) is 12.5 Å². The van der Waals surface area contributed by atoms with Crippen LogP contribution < -0.4 is 5.32 Å². The van der Waals surface area contributed by atoms with Crippen LogP contribution in [0.4, 0.5) is 0 Å². The second-order valence-corrected chi connectivity index (χ2v) is 5.57. The molecule has 6 nitrogen and oxygen atoms in total. The number of nitrogens with zero attached hydrogens (tertiary/aromatic N) is 1. The van der Waals surface area contributed by atoms with Gasteiger partial charge in [0.2, 0.25) is 10.0 Å². The van der Waals surface area contributed by atoms with Crippen molar-refractivity contribution in [2.45, 2.75) is 20.3 Å². The zero-order valence-electron chi connectivity index (χ0n) is 10.7. The van der Waals surface area contributed by atoms with E-state index in [2.05, 4.69) is 5.32 Å². The van der Waals surface area contributed by atoms with Gasteiger partial charge in [-0.2, -0.15) is 0 Å². The molecule has 102 valence electrons. The van der Waals surface area contributed by atoms with Crippen molar-refractivity contribution in [1.82, 2.24) is 9.62 Å². The highest BCUT2D eigenvalue weighted by atomic mass is 32.2. The zero-order chi connectivity index (χ0) is 13.3. The summed E-state index contributed by atoms with van der Waals surface area (Å²) in [5.74, 6) is -0.289. The first kappa shape index (κ1) is 16.3. The molecular weight excluding hydrogens is 244 g/mol. The topological polar surface area (TPSA) is 75.7 Å². The molecule has 0 fully saturated rings. The summed E-state index contributed by atoms with van der Waals surface area (Å²) in [6.45, 7) is 5.61. The molecule has 0 aromatic carbocycles. The van der Waals surface area contributed by atoms with E-state index in [1.165, 1.54) is 10.6 Å². The molecule has 0 aliphatic carbocycles. The first-order valence-electron chi connectivity index (χ1n) is 5.73. The fraction of sp³-hybridized carbons (Fsp3) is 0.900. The quantitative estimate of drug-likeness (QED) is 0.462. The standard InChI is InChI=1S/C10H22N2O4S/c1-4-12(17(3,14)15)8-6-7-11-9-10(13)16-5-2/h11H,4-9H2,1-3H3. The van der Waals surface area contributed by atoms with Crippen LogP contribution in [0.25, 0.3) is 0 Å². The molecule has 0 heterocycles. The van der Waals surface area contributed by atoms with E-state index in [1.807, 2.05) is 0 Å². The summed E-state index contributed by atoms with van der Waals surface area (Å²) in [5.41, 5.74) is 0. The maximum absolute atomic E-state index is 11.3. The first-order valence-corrected chi connectivity index (χ1v) is 7.58. The van der Waals surface area contributed by atoms with Crippen LogP contribution in [0.2, 0.25) is 0 Å². The van der Waals surface area contributed by atoms with Gasteiger partial charge in [-0.15, -0.1) is 0 Å². The summed E-state index contributed by atoms with van der Waals surface area (Å²) < 4.78 is 28.6. The predicted molar refractivity (Wildman–Crippen MR) is 66.2 cm³/mol. The normalized spacial score (nSPS) is 11.8. The number of nitrogens with one attached hydrogen (secondary N) is 1. The molecule has 0 saturated carbocycles. The highest BCUT2D eigenvalue weighted by molar-refractivity contribution is 7.88. The lowest BCUT2D eigenvalue weighted by Gasteiger charge is -2.17. The van der Waals surface area contributed by atoms with Gasteiger partial charge in [-0.05, 0) is 19.9 Å². The second kappa shape index (κ2) is 8.43. The lowest BCUT2D eigenvalue weighted by molar-refractivity contribution is -0.141. The van der Waals surface area contributed by atoms with Crippen molar-refractivity contribution in [1.29, 1.82) is 0 Å². The van der Waals surface area contributed by atoms with Gasteiger partial charge in [-0.1, -0.05) is 6.92 Å². The van der Waals surface area contributed by atoms with Crippen LogP contribution in [-0.4, -0.2) is 57.7 Å². The Morgan fingerprint density at radius 3 is 2.47 bits per heavy atom. The van der Waals surface area contributed by atoms with Crippen LogP contribution >= 0.6 is 0 Å². The SMILES string of the molecule is CCOC(=O)CNCCCN(CC)S(C)(=O)=O. The van der Waals surface area contributed by atoms with E-state index in [1.54, 1.807) is 13.8 Å². The molecule has 0 amide bonds. The highest BCUT2D eigenvalue weighted by Gasteiger charge is 2.13. The van der Waals surface area contributed by atoms with Gasteiger partial charge in [-0.25, -0.2) is 12.7 Å². The number of carbonyl (C=O) groups excluding carboxylic acids is 1. The van der Waals surface area contributed by atoms with Crippen LogP contribution in [-0.2, 0) is 19.6 Å². The zero-order valence-corrected chi connectivity index (χ0v) is 11.5. The highest BCUT2D eigenvalue weighted by Crippen LogP contribution is 1.97. The maximum Gasteiger partial charge on any atom is 0.319 e. The van der Waals surface area contributed by atoms with Gasteiger partial charge in [0.25, 0.3) is 0 Å². The van der Waals surface area contributed by atoms with Crippen molar-refractivity contribution in [3.05, 3.63) is 0 Å². The summed E-state index contributed by atoms with van der Waals surface area (Å²) in [7, 11) is -3.11. The van der Waals surface area contributed by atoms with E-state index < -0.39 is 10.0 Å². The van der Waals surface area contributed by atoms with Crippen LogP contribution in [0.1, 0.15) is 20.3 Å². The van der Waals surface area contributed by atoms with Crippen molar-refractivity contribution in [3.8, 4) is 0 Å². The summed E-state index contributed by atoms with van der Waals surface area (Å²) in [5, 5.41) is 2.90. The van der Waals surface area contributed by atoms with Gasteiger partial charge < -0.3 is 10.1 Å². The Bertz CT molecular complexity index is 316. The number of esters is 1. The lowest BCUT2D eigenvalue weighted by atomic mass is 10.4. The Kier molecular flexibility index (Phi) is 8.11. The van der Waals surface area contributed by atoms with Crippen LogP contribution in [0, 0.1) is 0 Å². The molecule has 0 saturated heterocycles. The minimum absolute atomic E-state index is 0.166. The van der Waals surface area contributed by atoms with E-state index in [0.717, 1.165) is 0 Å². The molecule has 7 heteroatoms. The molecule has 0 aliphatic rings. The van der Waals surface area contributed by atoms with Crippen LogP contribution in [0.15, 0.2) is 0 Å². The third kappa shape index (κ3) is 8.12.